The Hall–Kier alpha value is -1.97. The molecule has 0 aromatic heterocycles. The summed E-state index contributed by atoms with van der Waals surface area (Å²) in [5.41, 5.74) is 1.99. The maximum Gasteiger partial charge on any atom is 0.173 e. The van der Waals surface area contributed by atoms with Crippen molar-refractivity contribution in [3.63, 3.8) is 0 Å². The van der Waals surface area contributed by atoms with Gasteiger partial charge in [-0.1, -0.05) is 60.7 Å². The van der Waals surface area contributed by atoms with Crippen LogP contribution < -0.4 is 0 Å². The highest BCUT2D eigenvalue weighted by Gasteiger charge is 2.31. The van der Waals surface area contributed by atoms with E-state index in [1.54, 1.807) is 19.1 Å². The average Bonchev–Trinajstić information content (AvgIpc) is 2.72. The Morgan fingerprint density at radius 1 is 0.963 bits per heavy atom. The molecule has 1 aliphatic rings. The molecule has 0 saturated carbocycles. The Bertz CT molecular complexity index is 725. The van der Waals surface area contributed by atoms with Gasteiger partial charge in [0.25, 0.3) is 0 Å². The van der Waals surface area contributed by atoms with Crippen molar-refractivity contribution in [3.8, 4) is 0 Å². The molecule has 27 heavy (non-hydrogen) atoms. The van der Waals surface area contributed by atoms with Crippen molar-refractivity contribution in [3.05, 3.63) is 71.8 Å². The molecule has 1 aliphatic heterocycles. The zero-order valence-corrected chi connectivity index (χ0v) is 16.7. The third-order valence-electron chi connectivity index (χ3n) is 5.43. The number of halogens is 1. The largest absolute Gasteiger partial charge is 0.303 e. The van der Waals surface area contributed by atoms with E-state index in [4.69, 9.17) is 0 Å². The van der Waals surface area contributed by atoms with Crippen molar-refractivity contribution in [1.29, 1.82) is 0 Å². The predicted molar refractivity (Wildman–Crippen MR) is 112 cm³/mol. The maximum atomic E-state index is 12.8. The van der Waals surface area contributed by atoms with Gasteiger partial charge in [-0.05, 0) is 44.8 Å². The summed E-state index contributed by atoms with van der Waals surface area (Å²) in [4.78, 5) is 27.7. The normalized spacial score (nSPS) is 16.3. The molecule has 0 spiro atoms. The highest BCUT2D eigenvalue weighted by molar-refractivity contribution is 6.10. The van der Waals surface area contributed by atoms with Gasteiger partial charge in [0, 0.05) is 18.0 Å². The topological polar surface area (TPSA) is 37.4 Å². The van der Waals surface area contributed by atoms with E-state index >= 15 is 0 Å². The van der Waals surface area contributed by atoms with Gasteiger partial charge in [0.1, 0.15) is 5.78 Å². The molecule has 0 N–H and O–H groups in total. The smallest absolute Gasteiger partial charge is 0.173 e. The number of rotatable bonds is 7. The Balaban J connectivity index is 0.00000261. The monoisotopic (exact) mass is 385 g/mol. The number of carbonyl (C=O) groups excluding carboxylic acids is 2. The third kappa shape index (κ3) is 5.75. The van der Waals surface area contributed by atoms with Crippen LogP contribution in [0.25, 0.3) is 0 Å². The van der Waals surface area contributed by atoms with Crippen LogP contribution in [0.15, 0.2) is 60.7 Å². The lowest BCUT2D eigenvalue weighted by molar-refractivity contribution is -0.126. The van der Waals surface area contributed by atoms with Gasteiger partial charge in [-0.2, -0.15) is 0 Å². The molecule has 1 heterocycles. The van der Waals surface area contributed by atoms with Crippen LogP contribution in [0.2, 0.25) is 0 Å². The van der Waals surface area contributed by atoms with Gasteiger partial charge in [0.2, 0.25) is 0 Å². The van der Waals surface area contributed by atoms with Crippen molar-refractivity contribution in [2.75, 3.05) is 19.6 Å². The first-order valence-electron chi connectivity index (χ1n) is 9.54. The highest BCUT2D eigenvalue weighted by atomic mass is 35.5. The van der Waals surface area contributed by atoms with E-state index in [0.717, 1.165) is 38.9 Å². The Morgan fingerprint density at radius 3 is 2.11 bits per heavy atom. The third-order valence-corrected chi connectivity index (χ3v) is 5.43. The molecule has 0 bridgehead atoms. The molecule has 2 aromatic rings. The minimum atomic E-state index is -0.543. The van der Waals surface area contributed by atoms with Crippen LogP contribution in [0.5, 0.6) is 0 Å². The van der Waals surface area contributed by atoms with E-state index in [2.05, 4.69) is 29.2 Å². The molecule has 1 fully saturated rings. The summed E-state index contributed by atoms with van der Waals surface area (Å²) in [6.07, 6.45) is 2.77. The van der Waals surface area contributed by atoms with E-state index < -0.39 is 5.92 Å². The van der Waals surface area contributed by atoms with Gasteiger partial charge in [-0.25, -0.2) is 0 Å². The molecule has 3 nitrogen and oxygen atoms in total. The first kappa shape index (κ1) is 21.3. The standard InChI is InChI=1S/C23H27NO2.ClH/c1-18(22(25)20-10-6-3-7-11-20)23(26)21-13-16-24(17-14-21)15-12-19-8-4-2-5-9-19;/h2-11,18,21H,12-17H2,1H3;1H. The van der Waals surface area contributed by atoms with E-state index in [-0.39, 0.29) is 29.9 Å². The number of carbonyl (C=O) groups is 2. The fourth-order valence-corrected chi connectivity index (χ4v) is 3.71. The van der Waals surface area contributed by atoms with Crippen molar-refractivity contribution in [2.24, 2.45) is 11.8 Å². The summed E-state index contributed by atoms with van der Waals surface area (Å²) in [5.74, 6) is -0.465. The number of ketones is 2. The lowest BCUT2D eigenvalue weighted by Gasteiger charge is -2.32. The van der Waals surface area contributed by atoms with Crippen LogP contribution in [-0.2, 0) is 11.2 Å². The van der Waals surface area contributed by atoms with Crippen LogP contribution in [-0.4, -0.2) is 36.1 Å². The second-order valence-corrected chi connectivity index (χ2v) is 7.21. The Morgan fingerprint density at radius 2 is 1.52 bits per heavy atom. The molecule has 144 valence electrons. The summed E-state index contributed by atoms with van der Waals surface area (Å²) >= 11 is 0. The number of Topliss-reactive ketones (excluding diaryl/α,β-unsaturated/α-hetero) is 2. The summed E-state index contributed by atoms with van der Waals surface area (Å²) in [6, 6.07) is 19.7. The van der Waals surface area contributed by atoms with Crippen LogP contribution in [0.3, 0.4) is 0 Å². The SMILES string of the molecule is CC(C(=O)c1ccccc1)C(=O)C1CCN(CCc2ccccc2)CC1.Cl. The van der Waals surface area contributed by atoms with E-state index in [1.807, 2.05) is 24.3 Å². The summed E-state index contributed by atoms with van der Waals surface area (Å²) in [5, 5.41) is 0. The molecule has 3 rings (SSSR count). The zero-order valence-electron chi connectivity index (χ0n) is 15.8. The van der Waals surface area contributed by atoms with Crippen molar-refractivity contribution >= 4 is 24.0 Å². The average molecular weight is 386 g/mol. The predicted octanol–water partition coefficient (Wildman–Crippen LogP) is 4.45. The lowest BCUT2D eigenvalue weighted by atomic mass is 9.83. The highest BCUT2D eigenvalue weighted by Crippen LogP contribution is 2.23. The second-order valence-electron chi connectivity index (χ2n) is 7.21. The van der Waals surface area contributed by atoms with Crippen LogP contribution >= 0.6 is 12.4 Å². The van der Waals surface area contributed by atoms with E-state index in [0.29, 0.717) is 5.56 Å². The summed E-state index contributed by atoms with van der Waals surface area (Å²) in [7, 11) is 0. The molecular weight excluding hydrogens is 358 g/mol. The number of piperidine rings is 1. The lowest BCUT2D eigenvalue weighted by Crippen LogP contribution is -2.39. The maximum absolute atomic E-state index is 12.8. The molecule has 0 amide bonds. The quantitative estimate of drug-likeness (QED) is 0.522. The molecular formula is C23H28ClNO2. The minimum Gasteiger partial charge on any atom is -0.303 e. The number of hydrogen-bond acceptors (Lipinski definition) is 3. The first-order valence-corrected chi connectivity index (χ1v) is 9.54. The molecule has 1 saturated heterocycles. The number of likely N-dealkylation sites (tertiary alicyclic amines) is 1. The van der Waals surface area contributed by atoms with Gasteiger partial charge in [-0.15, -0.1) is 12.4 Å². The van der Waals surface area contributed by atoms with Gasteiger partial charge in [-0.3, -0.25) is 9.59 Å². The molecule has 1 atom stereocenters. The first-order chi connectivity index (χ1) is 12.6. The van der Waals surface area contributed by atoms with Gasteiger partial charge in [0.05, 0.1) is 5.92 Å². The van der Waals surface area contributed by atoms with Crippen LogP contribution in [0.4, 0.5) is 0 Å². The summed E-state index contributed by atoms with van der Waals surface area (Å²) in [6.45, 7) is 4.67. The van der Waals surface area contributed by atoms with Crippen molar-refractivity contribution < 1.29 is 9.59 Å². The summed E-state index contributed by atoms with van der Waals surface area (Å²) < 4.78 is 0. The van der Waals surface area contributed by atoms with Gasteiger partial charge in [0.15, 0.2) is 5.78 Å². The van der Waals surface area contributed by atoms with Crippen LogP contribution in [0, 0.1) is 11.8 Å². The van der Waals surface area contributed by atoms with E-state index in [9.17, 15) is 9.59 Å². The number of benzene rings is 2. The second kappa shape index (κ2) is 10.4. The van der Waals surface area contributed by atoms with Crippen LogP contribution in [0.1, 0.15) is 35.7 Å². The Kier molecular flexibility index (Phi) is 8.21. The van der Waals surface area contributed by atoms with E-state index in [1.165, 1.54) is 5.56 Å². The van der Waals surface area contributed by atoms with Crippen molar-refractivity contribution in [2.45, 2.75) is 26.2 Å². The molecule has 0 aliphatic carbocycles. The fourth-order valence-electron chi connectivity index (χ4n) is 3.71. The van der Waals surface area contributed by atoms with Gasteiger partial charge >= 0.3 is 0 Å². The minimum absolute atomic E-state index is 0. The molecule has 1 unspecified atom stereocenters. The molecule has 4 heteroatoms. The number of nitrogens with zero attached hydrogens (tertiary/aromatic N) is 1. The zero-order chi connectivity index (χ0) is 18.4. The van der Waals surface area contributed by atoms with Crippen molar-refractivity contribution in [1.82, 2.24) is 4.90 Å². The number of hydrogen-bond donors (Lipinski definition) is 0. The molecule has 2 aromatic carbocycles. The van der Waals surface area contributed by atoms with Gasteiger partial charge < -0.3 is 4.90 Å². The fraction of sp³-hybridized carbons (Fsp3) is 0.391. The molecule has 0 radical (unpaired) electrons. The Labute approximate surface area is 168 Å².